The fraction of sp³-hybridized carbons (Fsp3) is 0.429. The van der Waals surface area contributed by atoms with E-state index in [0.29, 0.717) is 17.9 Å². The summed E-state index contributed by atoms with van der Waals surface area (Å²) in [4.78, 5) is 23.3. The number of amides is 1. The summed E-state index contributed by atoms with van der Waals surface area (Å²) in [5.41, 5.74) is -1.16. The summed E-state index contributed by atoms with van der Waals surface area (Å²) in [7, 11) is 0. The van der Waals surface area contributed by atoms with Crippen LogP contribution in [0.2, 0.25) is 10.0 Å². The molecule has 114 valence electrons. The molecule has 2 N–H and O–H groups in total. The predicted molar refractivity (Wildman–Crippen MR) is 78.9 cm³/mol. The second kappa shape index (κ2) is 6.12. The zero-order valence-electron chi connectivity index (χ0n) is 11.4. The summed E-state index contributed by atoms with van der Waals surface area (Å²) >= 11 is 11.8. The smallest absolute Gasteiger partial charge is 0.329 e. The van der Waals surface area contributed by atoms with Crippen molar-refractivity contribution in [2.45, 2.75) is 37.8 Å². The molecule has 1 unspecified atom stereocenters. The molecule has 1 aromatic carbocycles. The normalized spacial score (nSPS) is 17.5. The molecule has 1 saturated carbocycles. The van der Waals surface area contributed by atoms with Gasteiger partial charge in [-0.15, -0.1) is 0 Å². The molecule has 21 heavy (non-hydrogen) atoms. The Morgan fingerprint density at radius 1 is 1.38 bits per heavy atom. The average Bonchev–Trinajstić information content (AvgIpc) is 2.38. The van der Waals surface area contributed by atoms with Gasteiger partial charge in [-0.2, -0.15) is 0 Å². The number of aliphatic carboxylic acids is 1. The number of carbonyl (C=O) groups is 2. The lowest BCUT2D eigenvalue weighted by atomic mass is 9.76. The molecule has 0 radical (unpaired) electrons. The van der Waals surface area contributed by atoms with E-state index < -0.39 is 23.5 Å². The SMILES string of the molecule is CC(Oc1cccc(Cl)c1Cl)C(=O)NC1(C(=O)O)CCC1. The number of hydrogen-bond acceptors (Lipinski definition) is 3. The molecule has 1 fully saturated rings. The van der Waals surface area contributed by atoms with Crippen molar-refractivity contribution in [1.82, 2.24) is 5.32 Å². The van der Waals surface area contributed by atoms with Gasteiger partial charge in [0, 0.05) is 0 Å². The van der Waals surface area contributed by atoms with E-state index >= 15 is 0 Å². The molecule has 1 amide bonds. The van der Waals surface area contributed by atoms with Crippen molar-refractivity contribution in [3.8, 4) is 5.75 Å². The molecule has 1 aliphatic rings. The minimum Gasteiger partial charge on any atom is -0.480 e. The Balaban J connectivity index is 2.03. The first kappa shape index (κ1) is 15.9. The summed E-state index contributed by atoms with van der Waals surface area (Å²) in [5, 5.41) is 12.3. The standard InChI is InChI=1S/C14H15Cl2NO4/c1-8(21-10-5-2-4-9(15)11(10)16)12(18)17-14(13(19)20)6-3-7-14/h2,4-5,8H,3,6-7H2,1H3,(H,17,18)(H,19,20). The molecular weight excluding hydrogens is 317 g/mol. The van der Waals surface area contributed by atoms with E-state index in [0.717, 1.165) is 6.42 Å². The van der Waals surface area contributed by atoms with Crippen molar-refractivity contribution in [2.75, 3.05) is 0 Å². The number of rotatable bonds is 5. The van der Waals surface area contributed by atoms with E-state index in [1.807, 2.05) is 0 Å². The Hall–Kier alpha value is -1.46. The second-order valence-corrected chi connectivity index (χ2v) is 5.83. The van der Waals surface area contributed by atoms with Crippen LogP contribution in [0.3, 0.4) is 0 Å². The van der Waals surface area contributed by atoms with Gasteiger partial charge in [0.25, 0.3) is 5.91 Å². The van der Waals surface area contributed by atoms with Crippen LogP contribution >= 0.6 is 23.2 Å². The number of carboxylic acids is 1. The van der Waals surface area contributed by atoms with Gasteiger partial charge in [0.2, 0.25) is 0 Å². The van der Waals surface area contributed by atoms with E-state index in [-0.39, 0.29) is 10.8 Å². The maximum atomic E-state index is 12.1. The van der Waals surface area contributed by atoms with Crippen LogP contribution in [0.5, 0.6) is 5.75 Å². The van der Waals surface area contributed by atoms with E-state index in [2.05, 4.69) is 5.32 Å². The Morgan fingerprint density at radius 3 is 2.57 bits per heavy atom. The van der Waals surface area contributed by atoms with Gasteiger partial charge in [0.1, 0.15) is 16.3 Å². The first-order chi connectivity index (χ1) is 9.85. The first-order valence-electron chi connectivity index (χ1n) is 6.52. The highest BCUT2D eigenvalue weighted by atomic mass is 35.5. The van der Waals surface area contributed by atoms with Gasteiger partial charge in [0.15, 0.2) is 6.10 Å². The Morgan fingerprint density at radius 2 is 2.05 bits per heavy atom. The second-order valence-electron chi connectivity index (χ2n) is 5.04. The monoisotopic (exact) mass is 331 g/mol. The number of benzene rings is 1. The number of nitrogens with one attached hydrogen (secondary N) is 1. The van der Waals surface area contributed by atoms with Crippen molar-refractivity contribution in [3.63, 3.8) is 0 Å². The van der Waals surface area contributed by atoms with E-state index in [1.54, 1.807) is 18.2 Å². The zero-order chi connectivity index (χ0) is 15.6. The molecule has 1 aromatic rings. The zero-order valence-corrected chi connectivity index (χ0v) is 12.9. The third-order valence-corrected chi connectivity index (χ3v) is 4.37. The molecule has 0 heterocycles. The molecule has 0 spiro atoms. The summed E-state index contributed by atoms with van der Waals surface area (Å²) < 4.78 is 5.46. The van der Waals surface area contributed by atoms with Crippen LogP contribution in [0, 0.1) is 0 Å². The fourth-order valence-electron chi connectivity index (χ4n) is 2.08. The van der Waals surface area contributed by atoms with Crippen molar-refractivity contribution in [2.24, 2.45) is 0 Å². The predicted octanol–water partition coefficient (Wildman–Crippen LogP) is 2.88. The Labute approximate surface area is 132 Å². The van der Waals surface area contributed by atoms with Crippen LogP contribution in [0.25, 0.3) is 0 Å². The average molecular weight is 332 g/mol. The molecule has 5 nitrogen and oxygen atoms in total. The highest BCUT2D eigenvalue weighted by molar-refractivity contribution is 6.42. The van der Waals surface area contributed by atoms with Gasteiger partial charge in [-0.25, -0.2) is 4.79 Å². The number of halogens is 2. The molecule has 7 heteroatoms. The lowest BCUT2D eigenvalue weighted by Crippen LogP contribution is -2.61. The lowest BCUT2D eigenvalue weighted by molar-refractivity contribution is -0.152. The van der Waals surface area contributed by atoms with Crippen LogP contribution in [0.15, 0.2) is 18.2 Å². The van der Waals surface area contributed by atoms with Crippen LogP contribution in [-0.2, 0) is 9.59 Å². The summed E-state index contributed by atoms with van der Waals surface area (Å²) in [5.74, 6) is -1.23. The lowest BCUT2D eigenvalue weighted by Gasteiger charge is -2.38. The van der Waals surface area contributed by atoms with Gasteiger partial charge >= 0.3 is 5.97 Å². The molecule has 0 aromatic heterocycles. The maximum absolute atomic E-state index is 12.1. The number of carboxylic acid groups (broad SMARTS) is 1. The van der Waals surface area contributed by atoms with Gasteiger partial charge in [-0.05, 0) is 38.3 Å². The minimum atomic E-state index is -1.16. The number of carbonyl (C=O) groups excluding carboxylic acids is 1. The topological polar surface area (TPSA) is 75.6 Å². The van der Waals surface area contributed by atoms with Crippen LogP contribution in [0.1, 0.15) is 26.2 Å². The third kappa shape index (κ3) is 3.24. The highest BCUT2D eigenvalue weighted by Crippen LogP contribution is 2.33. The highest BCUT2D eigenvalue weighted by Gasteiger charge is 2.46. The molecule has 0 saturated heterocycles. The molecule has 0 aliphatic heterocycles. The van der Waals surface area contributed by atoms with Gasteiger partial charge in [0.05, 0.1) is 5.02 Å². The van der Waals surface area contributed by atoms with Gasteiger partial charge < -0.3 is 15.2 Å². The fourth-order valence-corrected chi connectivity index (χ4v) is 2.42. The van der Waals surface area contributed by atoms with Crippen molar-refractivity contribution in [3.05, 3.63) is 28.2 Å². The summed E-state index contributed by atoms with van der Waals surface area (Å²) in [6.07, 6.45) is 0.761. The van der Waals surface area contributed by atoms with Gasteiger partial charge in [-0.3, -0.25) is 4.79 Å². The maximum Gasteiger partial charge on any atom is 0.329 e. The number of ether oxygens (including phenoxy) is 1. The first-order valence-corrected chi connectivity index (χ1v) is 7.27. The quantitative estimate of drug-likeness (QED) is 0.869. The third-order valence-electron chi connectivity index (χ3n) is 3.57. The van der Waals surface area contributed by atoms with E-state index in [1.165, 1.54) is 6.92 Å². The Bertz CT molecular complexity index is 572. The van der Waals surface area contributed by atoms with E-state index in [9.17, 15) is 14.7 Å². The summed E-state index contributed by atoms with van der Waals surface area (Å²) in [6.45, 7) is 1.53. The largest absolute Gasteiger partial charge is 0.480 e. The molecule has 1 atom stereocenters. The number of hydrogen-bond donors (Lipinski definition) is 2. The summed E-state index contributed by atoms with van der Waals surface area (Å²) in [6, 6.07) is 4.85. The van der Waals surface area contributed by atoms with E-state index in [4.69, 9.17) is 27.9 Å². The van der Waals surface area contributed by atoms with Gasteiger partial charge in [-0.1, -0.05) is 29.3 Å². The van der Waals surface area contributed by atoms with Crippen molar-refractivity contribution >= 4 is 35.1 Å². The van der Waals surface area contributed by atoms with Crippen molar-refractivity contribution < 1.29 is 19.4 Å². The molecule has 2 rings (SSSR count). The molecular formula is C14H15Cl2NO4. The van der Waals surface area contributed by atoms with Crippen LogP contribution < -0.4 is 10.1 Å². The molecule has 1 aliphatic carbocycles. The van der Waals surface area contributed by atoms with Crippen LogP contribution in [-0.4, -0.2) is 28.6 Å². The Kier molecular flexibility index (Phi) is 4.64. The minimum absolute atomic E-state index is 0.218. The molecule has 0 bridgehead atoms. The van der Waals surface area contributed by atoms with Crippen molar-refractivity contribution in [1.29, 1.82) is 0 Å². The van der Waals surface area contributed by atoms with Crippen LogP contribution in [0.4, 0.5) is 0 Å².